The van der Waals surface area contributed by atoms with Gasteiger partial charge in [0.15, 0.2) is 0 Å². The predicted molar refractivity (Wildman–Crippen MR) is 63.8 cm³/mol. The van der Waals surface area contributed by atoms with Crippen molar-refractivity contribution in [2.24, 2.45) is 21.0 Å². The lowest BCUT2D eigenvalue weighted by molar-refractivity contribution is 1.27. The molecule has 0 unspecified atom stereocenters. The molecule has 0 bridgehead atoms. The summed E-state index contributed by atoms with van der Waals surface area (Å²) in [6, 6.07) is 9.21. The molecule has 1 rings (SSSR count). The fourth-order valence-electron chi connectivity index (χ4n) is 0.795. The highest BCUT2D eigenvalue weighted by Crippen LogP contribution is 2.09. The van der Waals surface area contributed by atoms with Crippen molar-refractivity contribution in [1.29, 1.82) is 5.41 Å². The van der Waals surface area contributed by atoms with Crippen molar-refractivity contribution in [2.45, 2.75) is 0 Å². The Morgan fingerprint density at radius 1 is 1.27 bits per heavy atom. The second kappa shape index (κ2) is 5.92. The molecule has 0 fully saturated rings. The molecule has 0 aliphatic rings. The van der Waals surface area contributed by atoms with Crippen LogP contribution in [0.15, 0.2) is 45.6 Å². The average molecular weight is 221 g/mol. The molecule has 0 atom stereocenters. The van der Waals surface area contributed by atoms with Crippen molar-refractivity contribution < 1.29 is 0 Å². The highest BCUT2D eigenvalue weighted by atomic mass is 32.2. The SMILES string of the molecule is CSC(=N)/N=N/C(N)=Nc1ccccc1. The summed E-state index contributed by atoms with van der Waals surface area (Å²) in [5.41, 5.74) is 6.20. The van der Waals surface area contributed by atoms with Crippen molar-refractivity contribution in [2.75, 3.05) is 6.26 Å². The molecule has 0 aliphatic carbocycles. The minimum atomic E-state index is 0.0417. The fraction of sp³-hybridized carbons (Fsp3) is 0.111. The van der Waals surface area contributed by atoms with Gasteiger partial charge in [-0.1, -0.05) is 30.0 Å². The lowest BCUT2D eigenvalue weighted by atomic mass is 10.3. The number of nitrogens with zero attached hydrogens (tertiary/aromatic N) is 3. The van der Waals surface area contributed by atoms with Gasteiger partial charge in [-0.15, -0.1) is 10.2 Å². The quantitative estimate of drug-likeness (QED) is 0.433. The maximum atomic E-state index is 7.20. The number of aliphatic imine (C=N–C) groups is 1. The second-order valence-electron chi connectivity index (χ2n) is 2.51. The molecule has 1 aromatic rings. The van der Waals surface area contributed by atoms with E-state index in [1.165, 1.54) is 11.8 Å². The van der Waals surface area contributed by atoms with Gasteiger partial charge in [0.2, 0.25) is 11.1 Å². The van der Waals surface area contributed by atoms with E-state index < -0.39 is 0 Å². The lowest BCUT2D eigenvalue weighted by Gasteiger charge is -1.93. The zero-order valence-corrected chi connectivity index (χ0v) is 9.03. The molecule has 78 valence electrons. The van der Waals surface area contributed by atoms with Crippen LogP contribution in [-0.4, -0.2) is 17.4 Å². The zero-order chi connectivity index (χ0) is 11.1. The molecule has 0 saturated carbocycles. The van der Waals surface area contributed by atoms with Crippen LogP contribution in [0.1, 0.15) is 0 Å². The van der Waals surface area contributed by atoms with Crippen molar-refractivity contribution in [3.8, 4) is 0 Å². The van der Waals surface area contributed by atoms with E-state index in [2.05, 4.69) is 15.2 Å². The maximum Gasteiger partial charge on any atom is 0.240 e. The Balaban J connectivity index is 2.69. The van der Waals surface area contributed by atoms with Crippen LogP contribution < -0.4 is 5.73 Å². The number of rotatable bonds is 1. The molecule has 0 radical (unpaired) electrons. The maximum absolute atomic E-state index is 7.20. The van der Waals surface area contributed by atoms with Gasteiger partial charge in [0, 0.05) is 0 Å². The van der Waals surface area contributed by atoms with Crippen LogP contribution in [-0.2, 0) is 0 Å². The number of benzene rings is 1. The number of azo groups is 1. The Bertz CT molecular complexity index is 385. The van der Waals surface area contributed by atoms with Crippen molar-refractivity contribution >= 4 is 28.6 Å². The number of guanidine groups is 1. The van der Waals surface area contributed by atoms with Gasteiger partial charge in [-0.05, 0) is 18.4 Å². The first kappa shape index (κ1) is 11.4. The molecule has 0 aromatic heterocycles. The summed E-state index contributed by atoms with van der Waals surface area (Å²) < 4.78 is 0. The minimum absolute atomic E-state index is 0.0417. The summed E-state index contributed by atoms with van der Waals surface area (Å²) in [6.45, 7) is 0. The van der Waals surface area contributed by atoms with E-state index in [-0.39, 0.29) is 11.1 Å². The van der Waals surface area contributed by atoms with E-state index in [0.29, 0.717) is 5.69 Å². The summed E-state index contributed by atoms with van der Waals surface area (Å²) in [5.74, 6) is 0.0417. The molecular formula is C9H11N5S. The summed E-state index contributed by atoms with van der Waals surface area (Å²) in [6.07, 6.45) is 1.74. The number of hydrogen-bond donors (Lipinski definition) is 2. The van der Waals surface area contributed by atoms with E-state index in [1.54, 1.807) is 6.26 Å². The van der Waals surface area contributed by atoms with E-state index in [9.17, 15) is 0 Å². The van der Waals surface area contributed by atoms with E-state index in [1.807, 2.05) is 30.3 Å². The summed E-state index contributed by atoms with van der Waals surface area (Å²) in [4.78, 5) is 3.99. The largest absolute Gasteiger partial charge is 0.366 e. The number of para-hydroxylation sites is 1. The van der Waals surface area contributed by atoms with Gasteiger partial charge in [0.05, 0.1) is 5.69 Å². The standard InChI is InChI=1S/C9H11N5S/c1-15-9(11)14-13-8(10)12-7-5-3-2-4-6-7/h2-6,11H,1H3,(H2,10,12)/b11-9?,14-13+. The Hall–Kier alpha value is -1.69. The summed E-state index contributed by atoms with van der Waals surface area (Å²) in [5, 5.41) is 14.5. The number of thioether (sulfide) groups is 1. The molecule has 6 heteroatoms. The minimum Gasteiger partial charge on any atom is -0.366 e. The molecule has 15 heavy (non-hydrogen) atoms. The monoisotopic (exact) mass is 221 g/mol. The molecular weight excluding hydrogens is 210 g/mol. The summed E-state index contributed by atoms with van der Waals surface area (Å²) in [7, 11) is 0. The third kappa shape index (κ3) is 4.37. The van der Waals surface area contributed by atoms with Gasteiger partial charge in [-0.3, -0.25) is 5.41 Å². The molecule has 0 amide bonds. The van der Waals surface area contributed by atoms with Crippen LogP contribution in [0.2, 0.25) is 0 Å². The van der Waals surface area contributed by atoms with Crippen molar-refractivity contribution in [3.05, 3.63) is 30.3 Å². The van der Waals surface area contributed by atoms with Gasteiger partial charge in [0.25, 0.3) is 0 Å². The average Bonchev–Trinajstić information content (AvgIpc) is 2.27. The lowest BCUT2D eigenvalue weighted by Crippen LogP contribution is -2.06. The van der Waals surface area contributed by atoms with Gasteiger partial charge in [0.1, 0.15) is 0 Å². The predicted octanol–water partition coefficient (Wildman–Crippen LogP) is 2.38. The van der Waals surface area contributed by atoms with Crippen LogP contribution in [0, 0.1) is 5.41 Å². The molecule has 3 N–H and O–H groups in total. The topological polar surface area (TPSA) is 87.0 Å². The number of amidine groups is 1. The van der Waals surface area contributed by atoms with Gasteiger partial charge >= 0.3 is 0 Å². The smallest absolute Gasteiger partial charge is 0.240 e. The van der Waals surface area contributed by atoms with Crippen LogP contribution in [0.3, 0.4) is 0 Å². The number of nitrogens with two attached hydrogens (primary N) is 1. The van der Waals surface area contributed by atoms with Crippen LogP contribution in [0.25, 0.3) is 0 Å². The first-order valence-electron chi connectivity index (χ1n) is 4.16. The van der Waals surface area contributed by atoms with Crippen LogP contribution in [0.5, 0.6) is 0 Å². The fourth-order valence-corrected chi connectivity index (χ4v) is 0.917. The third-order valence-corrected chi connectivity index (χ3v) is 1.90. The normalized spacial score (nSPS) is 11.9. The van der Waals surface area contributed by atoms with E-state index in [0.717, 1.165) is 0 Å². The van der Waals surface area contributed by atoms with Crippen LogP contribution in [0.4, 0.5) is 5.69 Å². The Morgan fingerprint density at radius 3 is 2.53 bits per heavy atom. The highest BCUT2D eigenvalue weighted by Gasteiger charge is 1.92. The van der Waals surface area contributed by atoms with E-state index >= 15 is 0 Å². The van der Waals surface area contributed by atoms with Crippen LogP contribution >= 0.6 is 11.8 Å². The van der Waals surface area contributed by atoms with Crippen molar-refractivity contribution in [3.63, 3.8) is 0 Å². The molecule has 0 heterocycles. The van der Waals surface area contributed by atoms with E-state index in [4.69, 9.17) is 11.1 Å². The Labute approximate surface area is 92.0 Å². The number of nitrogens with one attached hydrogen (secondary N) is 1. The molecule has 0 aliphatic heterocycles. The Kier molecular flexibility index (Phi) is 4.49. The first-order valence-corrected chi connectivity index (χ1v) is 5.38. The third-order valence-electron chi connectivity index (χ3n) is 1.44. The zero-order valence-electron chi connectivity index (χ0n) is 8.21. The second-order valence-corrected chi connectivity index (χ2v) is 3.31. The summed E-state index contributed by atoms with van der Waals surface area (Å²) >= 11 is 1.19. The number of hydrogen-bond acceptors (Lipinski definition) is 3. The Morgan fingerprint density at radius 2 is 1.93 bits per heavy atom. The molecule has 0 saturated heterocycles. The first-order chi connectivity index (χ1) is 7.22. The van der Waals surface area contributed by atoms with Gasteiger partial charge in [-0.2, -0.15) is 0 Å². The molecule has 1 aromatic carbocycles. The molecule has 0 spiro atoms. The van der Waals surface area contributed by atoms with Gasteiger partial charge in [-0.25, -0.2) is 4.99 Å². The molecule has 5 nitrogen and oxygen atoms in total. The van der Waals surface area contributed by atoms with Crippen molar-refractivity contribution in [1.82, 2.24) is 0 Å². The highest BCUT2D eigenvalue weighted by molar-refractivity contribution is 8.13. The van der Waals surface area contributed by atoms with Gasteiger partial charge < -0.3 is 5.73 Å².